The number of H-pyrrole nitrogens is 1. The van der Waals surface area contributed by atoms with Gasteiger partial charge in [0.25, 0.3) is 5.56 Å². The Morgan fingerprint density at radius 2 is 1.96 bits per heavy atom. The Kier molecular flexibility index (Phi) is 4.76. The summed E-state index contributed by atoms with van der Waals surface area (Å²) in [5.41, 5.74) is -2.88. The van der Waals surface area contributed by atoms with Gasteiger partial charge in [-0.15, -0.1) is 0 Å². The number of hydrogen-bond acceptors (Lipinski definition) is 5. The van der Waals surface area contributed by atoms with Crippen LogP contribution in [0.15, 0.2) is 21.7 Å². The second-order valence-electron chi connectivity index (χ2n) is 4.73. The van der Waals surface area contributed by atoms with Gasteiger partial charge < -0.3 is 9.84 Å². The van der Waals surface area contributed by atoms with Crippen molar-refractivity contribution in [2.75, 3.05) is 0 Å². The molecule has 0 amide bonds. The summed E-state index contributed by atoms with van der Waals surface area (Å²) in [7, 11) is 0. The van der Waals surface area contributed by atoms with Crippen LogP contribution in [-0.4, -0.2) is 31.9 Å². The number of benzene rings is 1. The van der Waals surface area contributed by atoms with Crippen LogP contribution in [0.5, 0.6) is 5.75 Å². The number of nitrogens with one attached hydrogen (secondary N) is 1. The molecule has 2 rings (SSSR count). The number of ether oxygens (including phenoxy) is 1. The molecular formula is C13H11Cl2N3O5. The smallest absolute Gasteiger partial charge is 0.362 e. The third-order valence-electron chi connectivity index (χ3n) is 2.62. The zero-order valence-electron chi connectivity index (χ0n) is 12.0. The third-order valence-corrected chi connectivity index (χ3v) is 3.22. The van der Waals surface area contributed by atoms with Gasteiger partial charge in [-0.3, -0.25) is 9.78 Å². The van der Waals surface area contributed by atoms with Crippen LogP contribution in [0.1, 0.15) is 24.3 Å². The summed E-state index contributed by atoms with van der Waals surface area (Å²) in [5, 5.41) is 12.7. The van der Waals surface area contributed by atoms with Crippen LogP contribution in [0.2, 0.25) is 10.0 Å². The standard InChI is InChI=1S/C13H11Cl2N3O5/c1-5(2)23-9-4-8(6(14)3-7(9)15)18-13(22)16-11(19)10(17-18)12(20)21/h3-5H,1-2H3,(H,20,21)(H,16,19,22). The normalized spacial score (nSPS) is 10.8. The second kappa shape index (κ2) is 6.43. The van der Waals surface area contributed by atoms with Crippen molar-refractivity contribution in [2.24, 2.45) is 0 Å². The quantitative estimate of drug-likeness (QED) is 0.858. The minimum atomic E-state index is -1.58. The van der Waals surface area contributed by atoms with Gasteiger partial charge in [0.05, 0.1) is 21.8 Å². The Hall–Kier alpha value is -2.32. The van der Waals surface area contributed by atoms with E-state index < -0.39 is 22.9 Å². The number of rotatable bonds is 4. The van der Waals surface area contributed by atoms with E-state index in [0.29, 0.717) is 4.68 Å². The van der Waals surface area contributed by atoms with Gasteiger partial charge in [-0.2, -0.15) is 9.78 Å². The predicted octanol–water partition coefficient (Wildman–Crippen LogP) is 1.71. The van der Waals surface area contributed by atoms with Gasteiger partial charge in [0.1, 0.15) is 5.75 Å². The number of carboxylic acids is 1. The number of carboxylic acid groups (broad SMARTS) is 1. The molecule has 0 unspecified atom stereocenters. The molecule has 2 aromatic rings. The molecule has 8 nitrogen and oxygen atoms in total. The summed E-state index contributed by atoms with van der Waals surface area (Å²) in [6.45, 7) is 3.55. The molecule has 0 bridgehead atoms. The summed E-state index contributed by atoms with van der Waals surface area (Å²) >= 11 is 12.0. The molecule has 0 aliphatic heterocycles. The highest BCUT2D eigenvalue weighted by Crippen LogP contribution is 2.33. The average molecular weight is 360 g/mol. The van der Waals surface area contributed by atoms with Gasteiger partial charge in [-0.25, -0.2) is 9.59 Å². The van der Waals surface area contributed by atoms with E-state index in [1.165, 1.54) is 12.1 Å². The largest absolute Gasteiger partial charge is 0.489 e. The molecule has 23 heavy (non-hydrogen) atoms. The minimum absolute atomic E-state index is 0.0236. The first-order valence-corrected chi connectivity index (χ1v) is 7.09. The molecule has 1 heterocycles. The van der Waals surface area contributed by atoms with Crippen molar-refractivity contribution < 1.29 is 14.6 Å². The Bertz CT molecular complexity index is 888. The van der Waals surface area contributed by atoms with E-state index in [1.54, 1.807) is 13.8 Å². The van der Waals surface area contributed by atoms with Crippen LogP contribution in [0.3, 0.4) is 0 Å². The zero-order chi connectivity index (χ0) is 17.3. The van der Waals surface area contributed by atoms with Crippen molar-refractivity contribution in [1.29, 1.82) is 0 Å². The van der Waals surface area contributed by atoms with E-state index in [4.69, 9.17) is 33.0 Å². The fourth-order valence-corrected chi connectivity index (χ4v) is 2.24. The SMILES string of the molecule is CC(C)Oc1cc(-n2nc(C(=O)O)c(=O)[nH]c2=O)c(Cl)cc1Cl. The maximum absolute atomic E-state index is 11.9. The zero-order valence-corrected chi connectivity index (χ0v) is 13.5. The Morgan fingerprint density at radius 1 is 1.30 bits per heavy atom. The van der Waals surface area contributed by atoms with E-state index in [1.807, 2.05) is 4.98 Å². The molecule has 0 radical (unpaired) electrons. The predicted molar refractivity (Wildman–Crippen MR) is 83.2 cm³/mol. The van der Waals surface area contributed by atoms with E-state index in [0.717, 1.165) is 0 Å². The monoisotopic (exact) mass is 359 g/mol. The second-order valence-corrected chi connectivity index (χ2v) is 5.54. The van der Waals surface area contributed by atoms with E-state index in [2.05, 4.69) is 5.10 Å². The molecule has 1 aromatic carbocycles. The summed E-state index contributed by atoms with van der Waals surface area (Å²) in [5.74, 6) is -1.35. The number of hydrogen-bond donors (Lipinski definition) is 2. The van der Waals surface area contributed by atoms with Crippen molar-refractivity contribution in [2.45, 2.75) is 20.0 Å². The van der Waals surface area contributed by atoms with E-state index in [-0.39, 0.29) is 27.6 Å². The third kappa shape index (κ3) is 3.54. The van der Waals surface area contributed by atoms with Crippen molar-refractivity contribution >= 4 is 29.2 Å². The lowest BCUT2D eigenvalue weighted by Gasteiger charge is -2.14. The highest BCUT2D eigenvalue weighted by molar-refractivity contribution is 6.36. The first kappa shape index (κ1) is 17.0. The van der Waals surface area contributed by atoms with Crippen molar-refractivity contribution in [3.8, 4) is 11.4 Å². The van der Waals surface area contributed by atoms with E-state index in [9.17, 15) is 14.4 Å². The summed E-state index contributed by atoms with van der Waals surface area (Å²) in [6.07, 6.45) is -0.198. The van der Waals surface area contributed by atoms with Crippen LogP contribution >= 0.6 is 23.2 Å². The fraction of sp³-hybridized carbons (Fsp3) is 0.231. The fourth-order valence-electron chi connectivity index (χ4n) is 1.73. The molecule has 0 saturated heterocycles. The maximum atomic E-state index is 11.9. The Labute approximate surface area is 139 Å². The van der Waals surface area contributed by atoms with Crippen molar-refractivity contribution in [3.63, 3.8) is 0 Å². The number of aromatic carboxylic acids is 1. The Balaban J connectivity index is 2.71. The number of halogens is 2. The molecule has 2 N–H and O–H groups in total. The van der Waals surface area contributed by atoms with Crippen LogP contribution in [-0.2, 0) is 0 Å². The van der Waals surface area contributed by atoms with Gasteiger partial charge in [0.2, 0.25) is 5.69 Å². The lowest BCUT2D eigenvalue weighted by atomic mass is 10.3. The summed E-state index contributed by atoms with van der Waals surface area (Å²) < 4.78 is 6.14. The van der Waals surface area contributed by atoms with Crippen LogP contribution in [0, 0.1) is 0 Å². The summed E-state index contributed by atoms with van der Waals surface area (Å²) in [6, 6.07) is 2.67. The number of aromatic nitrogens is 3. The van der Waals surface area contributed by atoms with Gasteiger partial charge in [-0.1, -0.05) is 23.2 Å². The van der Waals surface area contributed by atoms with Gasteiger partial charge >= 0.3 is 11.7 Å². The molecule has 0 aliphatic carbocycles. The molecule has 0 spiro atoms. The number of carbonyl (C=O) groups is 1. The highest BCUT2D eigenvalue weighted by Gasteiger charge is 2.18. The Morgan fingerprint density at radius 3 is 2.52 bits per heavy atom. The lowest BCUT2D eigenvalue weighted by molar-refractivity contribution is 0.0685. The lowest BCUT2D eigenvalue weighted by Crippen LogP contribution is -2.35. The molecule has 0 atom stereocenters. The average Bonchev–Trinajstić information content (AvgIpc) is 2.41. The van der Waals surface area contributed by atoms with Crippen LogP contribution in [0.4, 0.5) is 0 Å². The van der Waals surface area contributed by atoms with Gasteiger partial charge in [-0.05, 0) is 19.9 Å². The molecule has 1 aromatic heterocycles. The molecule has 10 heteroatoms. The summed E-state index contributed by atoms with van der Waals surface area (Å²) in [4.78, 5) is 36.2. The van der Waals surface area contributed by atoms with Gasteiger partial charge in [0, 0.05) is 6.07 Å². The molecule has 0 fully saturated rings. The minimum Gasteiger partial charge on any atom is -0.489 e. The van der Waals surface area contributed by atoms with Crippen molar-refractivity contribution in [3.05, 3.63) is 48.7 Å². The van der Waals surface area contributed by atoms with Crippen LogP contribution in [0.25, 0.3) is 5.69 Å². The molecule has 122 valence electrons. The molecule has 0 aliphatic rings. The maximum Gasteiger partial charge on any atom is 0.362 e. The van der Waals surface area contributed by atoms with Crippen LogP contribution < -0.4 is 16.0 Å². The number of nitrogens with zero attached hydrogens (tertiary/aromatic N) is 2. The first-order valence-electron chi connectivity index (χ1n) is 6.33. The molecular weight excluding hydrogens is 349 g/mol. The van der Waals surface area contributed by atoms with Gasteiger partial charge in [0.15, 0.2) is 0 Å². The molecule has 0 saturated carbocycles. The highest BCUT2D eigenvalue weighted by atomic mass is 35.5. The topological polar surface area (TPSA) is 114 Å². The number of aromatic amines is 1. The van der Waals surface area contributed by atoms with Crippen molar-refractivity contribution in [1.82, 2.24) is 14.8 Å². The first-order chi connectivity index (χ1) is 10.7. The van der Waals surface area contributed by atoms with E-state index >= 15 is 0 Å².